The molecule has 0 unspecified atom stereocenters. The van der Waals surface area contributed by atoms with Gasteiger partial charge in [-0.05, 0) is 43.2 Å². The molecule has 7 nitrogen and oxygen atoms in total. The molecule has 2 aliphatic heterocycles. The second kappa shape index (κ2) is 7.34. The number of hydrogen-bond donors (Lipinski definition) is 1. The van der Waals surface area contributed by atoms with Gasteiger partial charge in [-0.3, -0.25) is 9.59 Å². The van der Waals surface area contributed by atoms with Crippen LogP contribution in [0.1, 0.15) is 23.2 Å². The molecule has 2 aromatic carbocycles. The summed E-state index contributed by atoms with van der Waals surface area (Å²) in [7, 11) is 1.63. The highest BCUT2D eigenvalue weighted by molar-refractivity contribution is 6.05. The van der Waals surface area contributed by atoms with Gasteiger partial charge < -0.3 is 19.9 Å². The Balaban J connectivity index is 1.42. The minimum atomic E-state index is -0.601. The predicted molar refractivity (Wildman–Crippen MR) is 106 cm³/mol. The zero-order valence-corrected chi connectivity index (χ0v) is 15.6. The van der Waals surface area contributed by atoms with Crippen molar-refractivity contribution in [2.24, 2.45) is 0 Å². The molecule has 1 fully saturated rings. The molecule has 0 spiro atoms. The quantitative estimate of drug-likeness (QED) is 0.826. The van der Waals surface area contributed by atoms with Crippen LogP contribution in [0.25, 0.3) is 0 Å². The van der Waals surface area contributed by atoms with E-state index in [1.54, 1.807) is 31.3 Å². The van der Waals surface area contributed by atoms with Crippen molar-refractivity contribution < 1.29 is 19.1 Å². The van der Waals surface area contributed by atoms with Crippen LogP contribution in [0.2, 0.25) is 0 Å². The van der Waals surface area contributed by atoms with Crippen LogP contribution < -0.4 is 15.1 Å². The first kappa shape index (κ1) is 18.0. The van der Waals surface area contributed by atoms with Crippen LogP contribution in [0.15, 0.2) is 48.5 Å². The summed E-state index contributed by atoms with van der Waals surface area (Å²) in [4.78, 5) is 40.4. The topological polar surface area (TPSA) is 79.0 Å². The Kier molecular flexibility index (Phi) is 4.73. The van der Waals surface area contributed by atoms with Crippen LogP contribution in [0, 0.1) is 0 Å². The Bertz CT molecular complexity index is 929. The molecule has 0 radical (unpaired) electrons. The van der Waals surface area contributed by atoms with Gasteiger partial charge in [-0.25, -0.2) is 4.79 Å². The highest BCUT2D eigenvalue weighted by Crippen LogP contribution is 2.37. The molecular weight excluding hydrogens is 358 g/mol. The minimum Gasteiger partial charge on any atom is -0.452 e. The van der Waals surface area contributed by atoms with Gasteiger partial charge in [-0.2, -0.15) is 0 Å². The largest absolute Gasteiger partial charge is 0.452 e. The van der Waals surface area contributed by atoms with Crippen LogP contribution in [0.3, 0.4) is 0 Å². The number of hydrogen-bond acceptors (Lipinski definition) is 5. The van der Waals surface area contributed by atoms with Gasteiger partial charge in [0.1, 0.15) is 6.04 Å². The Hall–Kier alpha value is -3.35. The van der Waals surface area contributed by atoms with Gasteiger partial charge in [-0.1, -0.05) is 18.2 Å². The number of para-hydroxylation sites is 1. The monoisotopic (exact) mass is 379 g/mol. The minimum absolute atomic E-state index is 0.0461. The molecule has 144 valence electrons. The van der Waals surface area contributed by atoms with Crippen LogP contribution in [0.5, 0.6) is 0 Å². The normalized spacial score (nSPS) is 17.4. The molecule has 2 amide bonds. The van der Waals surface area contributed by atoms with Gasteiger partial charge in [0.15, 0.2) is 6.61 Å². The van der Waals surface area contributed by atoms with Crippen molar-refractivity contribution in [1.82, 2.24) is 0 Å². The fourth-order valence-corrected chi connectivity index (χ4v) is 3.66. The summed E-state index contributed by atoms with van der Waals surface area (Å²) < 4.78 is 5.18. The van der Waals surface area contributed by atoms with Crippen LogP contribution in [-0.4, -0.2) is 44.0 Å². The number of ether oxygens (including phenoxy) is 1. The first-order valence-electron chi connectivity index (χ1n) is 9.25. The summed E-state index contributed by atoms with van der Waals surface area (Å²) >= 11 is 0. The molecule has 1 atom stereocenters. The van der Waals surface area contributed by atoms with Crippen LogP contribution in [0.4, 0.5) is 17.1 Å². The number of carbonyl (C=O) groups excluding carboxylic acids is 3. The summed E-state index contributed by atoms with van der Waals surface area (Å²) in [6.45, 7) is 0.469. The lowest BCUT2D eigenvalue weighted by Gasteiger charge is -2.33. The van der Waals surface area contributed by atoms with E-state index in [0.29, 0.717) is 11.3 Å². The van der Waals surface area contributed by atoms with Crippen molar-refractivity contribution in [2.45, 2.75) is 18.9 Å². The van der Waals surface area contributed by atoms with E-state index in [4.69, 9.17) is 4.74 Å². The molecule has 0 aromatic heterocycles. The molecule has 4 rings (SSSR count). The Morgan fingerprint density at radius 2 is 2.00 bits per heavy atom. The number of likely N-dealkylation sites (N-methyl/N-ethyl adjacent to an activating group) is 1. The first-order valence-corrected chi connectivity index (χ1v) is 9.25. The summed E-state index contributed by atoms with van der Waals surface area (Å²) in [6.07, 6.45) is 1.81. The van der Waals surface area contributed by atoms with Gasteiger partial charge in [0.2, 0.25) is 5.91 Å². The van der Waals surface area contributed by atoms with Crippen molar-refractivity contribution >= 4 is 34.8 Å². The van der Waals surface area contributed by atoms with E-state index in [9.17, 15) is 14.4 Å². The van der Waals surface area contributed by atoms with E-state index >= 15 is 0 Å². The van der Waals surface area contributed by atoms with Crippen LogP contribution >= 0.6 is 0 Å². The first-order chi connectivity index (χ1) is 13.5. The maximum absolute atomic E-state index is 12.4. The highest BCUT2D eigenvalue weighted by atomic mass is 16.5. The van der Waals surface area contributed by atoms with Gasteiger partial charge in [-0.15, -0.1) is 0 Å². The molecule has 28 heavy (non-hydrogen) atoms. The van der Waals surface area contributed by atoms with Gasteiger partial charge in [0.05, 0.1) is 16.9 Å². The number of nitrogens with one attached hydrogen (secondary N) is 1. The van der Waals surface area contributed by atoms with E-state index in [2.05, 4.69) is 10.2 Å². The van der Waals surface area contributed by atoms with E-state index in [-0.39, 0.29) is 24.5 Å². The number of rotatable bonds is 4. The average molecular weight is 379 g/mol. The van der Waals surface area contributed by atoms with Gasteiger partial charge in [0, 0.05) is 19.3 Å². The van der Waals surface area contributed by atoms with E-state index in [0.717, 1.165) is 30.8 Å². The number of anilines is 3. The lowest BCUT2D eigenvalue weighted by atomic mass is 10.1. The molecule has 7 heteroatoms. The third kappa shape index (κ3) is 3.31. The van der Waals surface area contributed by atoms with E-state index < -0.39 is 5.97 Å². The number of benzene rings is 2. The molecular formula is C21H21N3O4. The third-order valence-corrected chi connectivity index (χ3v) is 5.20. The summed E-state index contributed by atoms with van der Waals surface area (Å²) in [5.74, 6) is -0.976. The average Bonchev–Trinajstić information content (AvgIpc) is 3.22. The lowest BCUT2D eigenvalue weighted by molar-refractivity contribution is -0.121. The fraction of sp³-hybridized carbons (Fsp3) is 0.286. The summed E-state index contributed by atoms with van der Waals surface area (Å²) in [6, 6.07) is 14.1. The molecule has 2 aromatic rings. The Morgan fingerprint density at radius 1 is 1.21 bits per heavy atom. The number of fused-ring (bicyclic) bond motifs is 3. The smallest absolute Gasteiger partial charge is 0.338 e. The molecule has 0 bridgehead atoms. The number of nitrogens with zero attached hydrogens (tertiary/aromatic N) is 2. The molecule has 2 aliphatic rings. The van der Waals surface area contributed by atoms with E-state index in [1.165, 1.54) is 4.90 Å². The number of carbonyl (C=O) groups is 3. The summed E-state index contributed by atoms with van der Waals surface area (Å²) in [5, 5.41) is 2.87. The standard InChI is InChI=1S/C21H21N3O4/c1-23(15-6-3-2-4-7-15)19(25)13-28-21(27)14-9-10-17-16(12-14)22-20(26)18-8-5-11-24(17)18/h2-4,6-7,9-10,12,18H,5,8,11,13H2,1H3,(H,22,26)/t18-/m0/s1. The zero-order valence-electron chi connectivity index (χ0n) is 15.6. The molecule has 2 heterocycles. The molecule has 1 saturated heterocycles. The van der Waals surface area contributed by atoms with Gasteiger partial charge in [0.25, 0.3) is 5.91 Å². The number of amides is 2. The maximum atomic E-state index is 12.4. The highest BCUT2D eigenvalue weighted by Gasteiger charge is 2.36. The fourth-order valence-electron chi connectivity index (χ4n) is 3.66. The van der Waals surface area contributed by atoms with Gasteiger partial charge >= 0.3 is 5.97 Å². The zero-order chi connectivity index (χ0) is 19.7. The molecule has 0 saturated carbocycles. The molecule has 1 N–H and O–H groups in total. The Morgan fingerprint density at radius 3 is 2.79 bits per heavy atom. The van der Waals surface area contributed by atoms with Crippen molar-refractivity contribution in [3.05, 3.63) is 54.1 Å². The molecule has 0 aliphatic carbocycles. The van der Waals surface area contributed by atoms with Crippen molar-refractivity contribution in [3.8, 4) is 0 Å². The third-order valence-electron chi connectivity index (χ3n) is 5.20. The lowest BCUT2D eigenvalue weighted by Crippen LogP contribution is -2.43. The van der Waals surface area contributed by atoms with Crippen molar-refractivity contribution in [1.29, 1.82) is 0 Å². The predicted octanol–water partition coefficient (Wildman–Crippen LogP) is 2.43. The number of esters is 1. The SMILES string of the molecule is CN(C(=O)COC(=O)c1ccc2c(c1)NC(=O)[C@@H]1CCCN21)c1ccccc1. The van der Waals surface area contributed by atoms with Crippen molar-refractivity contribution in [2.75, 3.05) is 35.3 Å². The second-order valence-corrected chi connectivity index (χ2v) is 6.94. The maximum Gasteiger partial charge on any atom is 0.338 e. The van der Waals surface area contributed by atoms with Crippen molar-refractivity contribution in [3.63, 3.8) is 0 Å². The Labute approximate surface area is 162 Å². The van der Waals surface area contributed by atoms with Crippen LogP contribution in [-0.2, 0) is 14.3 Å². The second-order valence-electron chi connectivity index (χ2n) is 6.94. The van der Waals surface area contributed by atoms with E-state index in [1.807, 2.05) is 24.3 Å². The summed E-state index contributed by atoms with van der Waals surface area (Å²) in [5.41, 5.74) is 2.54.